The number of halogens is 2. The number of benzene rings is 1. The lowest BCUT2D eigenvalue weighted by molar-refractivity contribution is 0.398. The highest BCUT2D eigenvalue weighted by atomic mass is 35.5. The van der Waals surface area contributed by atoms with E-state index in [0.717, 1.165) is 0 Å². The monoisotopic (exact) mass is 206 g/mol. The van der Waals surface area contributed by atoms with Gasteiger partial charge in [-0.25, -0.2) is 4.39 Å². The minimum atomic E-state index is -0.302. The van der Waals surface area contributed by atoms with Gasteiger partial charge in [0.05, 0.1) is 17.0 Å². The van der Waals surface area contributed by atoms with Crippen LogP contribution in [0, 0.1) is 5.82 Å². The van der Waals surface area contributed by atoms with Crippen molar-refractivity contribution in [1.29, 1.82) is 0 Å². The lowest BCUT2D eigenvalue weighted by Crippen LogP contribution is -1.90. The standard InChI is InChI=1S/C8H8ClFOS/c1-11-7-5(9)3-4-6(10)8(7)12-2/h3-4H,1-2H3. The minimum absolute atomic E-state index is 0.302. The molecule has 0 saturated heterocycles. The van der Waals surface area contributed by atoms with E-state index in [1.807, 2.05) is 0 Å². The van der Waals surface area contributed by atoms with Gasteiger partial charge in [0, 0.05) is 0 Å². The number of methoxy groups -OCH3 is 1. The molecule has 0 aromatic heterocycles. The van der Waals surface area contributed by atoms with Crippen molar-refractivity contribution >= 4 is 23.4 Å². The van der Waals surface area contributed by atoms with Crippen LogP contribution in [0.25, 0.3) is 0 Å². The van der Waals surface area contributed by atoms with Crippen molar-refractivity contribution in [3.63, 3.8) is 0 Å². The number of rotatable bonds is 2. The van der Waals surface area contributed by atoms with Crippen LogP contribution < -0.4 is 4.74 Å². The molecule has 4 heteroatoms. The highest BCUT2D eigenvalue weighted by Gasteiger charge is 2.11. The van der Waals surface area contributed by atoms with Crippen LogP contribution in [0.3, 0.4) is 0 Å². The Morgan fingerprint density at radius 3 is 2.58 bits per heavy atom. The van der Waals surface area contributed by atoms with Gasteiger partial charge in [-0.3, -0.25) is 0 Å². The second-order valence-corrected chi connectivity index (χ2v) is 3.32. The first-order valence-electron chi connectivity index (χ1n) is 3.26. The number of hydrogen-bond donors (Lipinski definition) is 0. The SMILES string of the molecule is COc1c(Cl)ccc(F)c1SC. The summed E-state index contributed by atoms with van der Waals surface area (Å²) in [6.45, 7) is 0. The highest BCUT2D eigenvalue weighted by molar-refractivity contribution is 7.98. The van der Waals surface area contributed by atoms with Crippen molar-refractivity contribution < 1.29 is 9.13 Å². The predicted molar refractivity (Wildman–Crippen MR) is 49.7 cm³/mol. The van der Waals surface area contributed by atoms with E-state index in [9.17, 15) is 4.39 Å². The van der Waals surface area contributed by atoms with Crippen molar-refractivity contribution in [3.8, 4) is 5.75 Å². The van der Waals surface area contributed by atoms with Crippen molar-refractivity contribution in [2.45, 2.75) is 4.90 Å². The molecule has 0 unspecified atom stereocenters. The molecule has 1 rings (SSSR count). The highest BCUT2D eigenvalue weighted by Crippen LogP contribution is 2.36. The van der Waals surface area contributed by atoms with Crippen molar-refractivity contribution in [1.82, 2.24) is 0 Å². The first kappa shape index (κ1) is 9.68. The third kappa shape index (κ3) is 1.67. The molecule has 0 amide bonds. The number of thioether (sulfide) groups is 1. The summed E-state index contributed by atoms with van der Waals surface area (Å²) in [5.74, 6) is 0.105. The largest absolute Gasteiger partial charge is 0.494 e. The summed E-state index contributed by atoms with van der Waals surface area (Å²) >= 11 is 7.05. The van der Waals surface area contributed by atoms with Gasteiger partial charge in [-0.15, -0.1) is 11.8 Å². The van der Waals surface area contributed by atoms with Gasteiger partial charge in [0.1, 0.15) is 5.82 Å². The third-order valence-electron chi connectivity index (χ3n) is 1.42. The smallest absolute Gasteiger partial charge is 0.153 e. The molecule has 0 fully saturated rings. The van der Waals surface area contributed by atoms with Gasteiger partial charge in [0.25, 0.3) is 0 Å². The average Bonchev–Trinajstić information content (AvgIpc) is 2.08. The molecule has 12 heavy (non-hydrogen) atoms. The fourth-order valence-corrected chi connectivity index (χ4v) is 1.83. The Kier molecular flexibility index (Phi) is 3.23. The van der Waals surface area contributed by atoms with E-state index in [1.165, 1.54) is 31.0 Å². The van der Waals surface area contributed by atoms with Gasteiger partial charge in [-0.2, -0.15) is 0 Å². The zero-order chi connectivity index (χ0) is 9.14. The van der Waals surface area contributed by atoms with Crippen LogP contribution in [0.15, 0.2) is 17.0 Å². The molecule has 0 N–H and O–H groups in total. The molecule has 1 nitrogen and oxygen atoms in total. The van der Waals surface area contributed by atoms with E-state index in [4.69, 9.17) is 16.3 Å². The lowest BCUT2D eigenvalue weighted by Gasteiger charge is -2.08. The Balaban J connectivity index is 3.28. The molecular weight excluding hydrogens is 199 g/mol. The fourth-order valence-electron chi connectivity index (χ4n) is 0.895. The molecule has 1 aromatic rings. The third-order valence-corrected chi connectivity index (χ3v) is 2.51. The summed E-state index contributed by atoms with van der Waals surface area (Å²) in [5.41, 5.74) is 0. The normalized spacial score (nSPS) is 10.0. The first-order chi connectivity index (χ1) is 5.70. The fraction of sp³-hybridized carbons (Fsp3) is 0.250. The summed E-state index contributed by atoms with van der Waals surface area (Å²) in [5, 5.41) is 0.434. The molecule has 66 valence electrons. The van der Waals surface area contributed by atoms with E-state index in [1.54, 1.807) is 6.26 Å². The lowest BCUT2D eigenvalue weighted by atomic mass is 10.3. The van der Waals surface area contributed by atoms with Crippen LogP contribution in [-0.4, -0.2) is 13.4 Å². The maximum atomic E-state index is 13.1. The van der Waals surface area contributed by atoms with Crippen LogP contribution >= 0.6 is 23.4 Å². The first-order valence-corrected chi connectivity index (χ1v) is 4.87. The molecule has 0 bridgehead atoms. The number of hydrogen-bond acceptors (Lipinski definition) is 2. The van der Waals surface area contributed by atoms with E-state index in [0.29, 0.717) is 15.7 Å². The van der Waals surface area contributed by atoms with Crippen LogP contribution in [0.2, 0.25) is 5.02 Å². The Labute approximate surface area is 79.9 Å². The van der Waals surface area contributed by atoms with E-state index < -0.39 is 0 Å². The van der Waals surface area contributed by atoms with Gasteiger partial charge in [-0.05, 0) is 18.4 Å². The Morgan fingerprint density at radius 1 is 1.50 bits per heavy atom. The maximum Gasteiger partial charge on any atom is 0.153 e. The predicted octanol–water partition coefficient (Wildman–Crippen LogP) is 3.21. The maximum absolute atomic E-state index is 13.1. The summed E-state index contributed by atoms with van der Waals surface area (Å²) < 4.78 is 18.0. The summed E-state index contributed by atoms with van der Waals surface area (Å²) in [4.78, 5) is 0.449. The second kappa shape index (κ2) is 4.01. The van der Waals surface area contributed by atoms with Gasteiger partial charge in [0.2, 0.25) is 0 Å². The van der Waals surface area contributed by atoms with Crippen LogP contribution in [0.1, 0.15) is 0 Å². The van der Waals surface area contributed by atoms with Crippen molar-refractivity contribution in [2.75, 3.05) is 13.4 Å². The summed E-state index contributed by atoms with van der Waals surface area (Å²) in [7, 11) is 1.47. The molecule has 0 aliphatic heterocycles. The van der Waals surface area contributed by atoms with Gasteiger partial charge >= 0.3 is 0 Å². The van der Waals surface area contributed by atoms with Crippen molar-refractivity contribution in [2.24, 2.45) is 0 Å². The van der Waals surface area contributed by atoms with Crippen LogP contribution in [-0.2, 0) is 0 Å². The zero-order valence-electron chi connectivity index (χ0n) is 6.73. The summed E-state index contributed by atoms with van der Waals surface area (Å²) in [6, 6.07) is 2.81. The van der Waals surface area contributed by atoms with Crippen LogP contribution in [0.4, 0.5) is 4.39 Å². The molecule has 0 saturated carbocycles. The Hall–Kier alpha value is -0.410. The Morgan fingerprint density at radius 2 is 2.17 bits per heavy atom. The van der Waals surface area contributed by atoms with E-state index in [2.05, 4.69) is 0 Å². The molecule has 0 aliphatic carbocycles. The van der Waals surface area contributed by atoms with Gasteiger partial charge < -0.3 is 4.74 Å². The summed E-state index contributed by atoms with van der Waals surface area (Å²) in [6.07, 6.45) is 1.78. The zero-order valence-corrected chi connectivity index (χ0v) is 8.30. The average molecular weight is 207 g/mol. The molecule has 1 aromatic carbocycles. The van der Waals surface area contributed by atoms with Crippen LogP contribution in [0.5, 0.6) is 5.75 Å². The minimum Gasteiger partial charge on any atom is -0.494 e. The second-order valence-electron chi connectivity index (χ2n) is 2.10. The van der Waals surface area contributed by atoms with Gasteiger partial charge in [-0.1, -0.05) is 11.6 Å². The van der Waals surface area contributed by atoms with Gasteiger partial charge in [0.15, 0.2) is 5.75 Å². The molecule has 0 radical (unpaired) electrons. The van der Waals surface area contributed by atoms with E-state index >= 15 is 0 Å². The molecule has 0 aliphatic rings. The van der Waals surface area contributed by atoms with E-state index in [-0.39, 0.29) is 5.82 Å². The quantitative estimate of drug-likeness (QED) is 0.688. The topological polar surface area (TPSA) is 9.23 Å². The molecule has 0 atom stereocenters. The molecular formula is C8H8ClFOS. The molecule has 0 heterocycles. The molecule has 0 spiro atoms. The van der Waals surface area contributed by atoms with Crippen molar-refractivity contribution in [3.05, 3.63) is 23.0 Å². The number of ether oxygens (including phenoxy) is 1. The Bertz CT molecular complexity index is 262.